The standard InChI is InChI=1S/C11H14N6O2/c1-8-9(17(18)19)3-4-10(14-8)12-6-5-11-15-13-7-16(11)2/h3-4,7H,5-6H2,1-2H3,(H,12,14). The van der Waals surface area contributed by atoms with E-state index < -0.39 is 4.92 Å². The number of nitrogens with one attached hydrogen (secondary N) is 1. The van der Waals surface area contributed by atoms with Crippen molar-refractivity contribution in [3.05, 3.63) is 40.1 Å². The van der Waals surface area contributed by atoms with E-state index >= 15 is 0 Å². The Balaban J connectivity index is 1.95. The fraction of sp³-hybridized carbons (Fsp3) is 0.364. The lowest BCUT2D eigenvalue weighted by atomic mass is 10.3. The normalized spacial score (nSPS) is 10.4. The fourth-order valence-electron chi connectivity index (χ4n) is 1.68. The summed E-state index contributed by atoms with van der Waals surface area (Å²) in [5, 5.41) is 21.5. The molecule has 0 aliphatic carbocycles. The van der Waals surface area contributed by atoms with Crippen molar-refractivity contribution >= 4 is 11.5 Å². The van der Waals surface area contributed by atoms with E-state index in [2.05, 4.69) is 20.5 Å². The first-order valence-electron chi connectivity index (χ1n) is 5.76. The zero-order valence-corrected chi connectivity index (χ0v) is 10.7. The molecule has 0 saturated carbocycles. The molecule has 0 bridgehead atoms. The van der Waals surface area contributed by atoms with Crippen molar-refractivity contribution in [2.45, 2.75) is 13.3 Å². The Morgan fingerprint density at radius 2 is 2.26 bits per heavy atom. The van der Waals surface area contributed by atoms with Gasteiger partial charge in [-0.1, -0.05) is 0 Å². The van der Waals surface area contributed by atoms with E-state index in [1.807, 2.05) is 11.6 Å². The first-order valence-corrected chi connectivity index (χ1v) is 5.76. The molecule has 19 heavy (non-hydrogen) atoms. The van der Waals surface area contributed by atoms with E-state index in [0.29, 0.717) is 24.5 Å². The molecule has 8 nitrogen and oxygen atoms in total. The lowest BCUT2D eigenvalue weighted by Crippen LogP contribution is -2.10. The van der Waals surface area contributed by atoms with Crippen LogP contribution in [0.1, 0.15) is 11.5 Å². The average Bonchev–Trinajstić information content (AvgIpc) is 2.75. The molecule has 2 rings (SSSR count). The Bertz CT molecular complexity index is 595. The zero-order valence-electron chi connectivity index (χ0n) is 10.7. The van der Waals surface area contributed by atoms with Gasteiger partial charge < -0.3 is 9.88 Å². The number of aryl methyl sites for hydroxylation is 2. The highest BCUT2D eigenvalue weighted by atomic mass is 16.6. The highest BCUT2D eigenvalue weighted by Gasteiger charge is 2.11. The minimum absolute atomic E-state index is 0.0267. The molecule has 0 saturated heterocycles. The van der Waals surface area contributed by atoms with Crippen LogP contribution in [-0.4, -0.2) is 31.2 Å². The van der Waals surface area contributed by atoms with Crippen molar-refractivity contribution in [2.75, 3.05) is 11.9 Å². The van der Waals surface area contributed by atoms with Crippen LogP contribution in [0.2, 0.25) is 0 Å². The third-order valence-electron chi connectivity index (χ3n) is 2.71. The van der Waals surface area contributed by atoms with E-state index in [0.717, 1.165) is 5.82 Å². The molecule has 0 amide bonds. The SMILES string of the molecule is Cc1nc(NCCc2nncn2C)ccc1[N+](=O)[O-]. The first-order chi connectivity index (χ1) is 9.08. The summed E-state index contributed by atoms with van der Waals surface area (Å²) in [7, 11) is 1.88. The molecule has 0 fully saturated rings. The number of pyridine rings is 1. The van der Waals surface area contributed by atoms with E-state index in [4.69, 9.17) is 0 Å². The minimum atomic E-state index is -0.439. The van der Waals surface area contributed by atoms with Gasteiger partial charge in [-0.3, -0.25) is 10.1 Å². The highest BCUT2D eigenvalue weighted by molar-refractivity contribution is 5.44. The van der Waals surface area contributed by atoms with E-state index in [1.54, 1.807) is 19.3 Å². The number of rotatable bonds is 5. The summed E-state index contributed by atoms with van der Waals surface area (Å²) in [6.45, 7) is 2.25. The Kier molecular flexibility index (Phi) is 3.69. The maximum absolute atomic E-state index is 10.7. The van der Waals surface area contributed by atoms with Gasteiger partial charge in [-0.2, -0.15) is 0 Å². The second-order valence-electron chi connectivity index (χ2n) is 4.09. The number of hydrogen-bond acceptors (Lipinski definition) is 6. The van der Waals surface area contributed by atoms with Gasteiger partial charge in [-0.25, -0.2) is 4.98 Å². The van der Waals surface area contributed by atoms with Gasteiger partial charge in [0.25, 0.3) is 5.69 Å². The number of nitrogens with zero attached hydrogens (tertiary/aromatic N) is 5. The van der Waals surface area contributed by atoms with Crippen molar-refractivity contribution in [1.29, 1.82) is 0 Å². The van der Waals surface area contributed by atoms with Crippen LogP contribution in [0.3, 0.4) is 0 Å². The predicted octanol–water partition coefficient (Wildman–Crippen LogP) is 1.08. The summed E-state index contributed by atoms with van der Waals surface area (Å²) in [4.78, 5) is 14.4. The molecule has 1 N–H and O–H groups in total. The van der Waals surface area contributed by atoms with Gasteiger partial charge in [0.2, 0.25) is 0 Å². The van der Waals surface area contributed by atoms with Gasteiger partial charge in [0.15, 0.2) is 0 Å². The first kappa shape index (κ1) is 12.9. The summed E-state index contributed by atoms with van der Waals surface area (Å²) < 4.78 is 1.84. The molecule has 0 radical (unpaired) electrons. The van der Waals surface area contributed by atoms with E-state index in [1.165, 1.54) is 6.07 Å². The van der Waals surface area contributed by atoms with Crippen molar-refractivity contribution in [2.24, 2.45) is 7.05 Å². The van der Waals surface area contributed by atoms with Crippen LogP contribution >= 0.6 is 0 Å². The monoisotopic (exact) mass is 262 g/mol. The van der Waals surface area contributed by atoms with E-state index in [9.17, 15) is 10.1 Å². The summed E-state index contributed by atoms with van der Waals surface area (Å²) in [5.74, 6) is 1.48. The second-order valence-corrected chi connectivity index (χ2v) is 4.09. The Morgan fingerprint density at radius 1 is 1.47 bits per heavy atom. The van der Waals surface area contributed by atoms with Crippen LogP contribution in [0.15, 0.2) is 18.5 Å². The summed E-state index contributed by atoms with van der Waals surface area (Å²) >= 11 is 0. The van der Waals surface area contributed by atoms with Gasteiger partial charge >= 0.3 is 0 Å². The minimum Gasteiger partial charge on any atom is -0.370 e. The maximum Gasteiger partial charge on any atom is 0.290 e. The average molecular weight is 262 g/mol. The van der Waals surface area contributed by atoms with Crippen LogP contribution in [0.5, 0.6) is 0 Å². The summed E-state index contributed by atoms with van der Waals surface area (Å²) in [6.07, 6.45) is 2.35. The van der Waals surface area contributed by atoms with Crippen LogP contribution in [0, 0.1) is 17.0 Å². The molecule has 2 aromatic heterocycles. The van der Waals surface area contributed by atoms with Crippen molar-refractivity contribution < 1.29 is 4.92 Å². The molecular weight excluding hydrogens is 248 g/mol. The molecule has 2 aromatic rings. The molecule has 8 heteroatoms. The highest BCUT2D eigenvalue weighted by Crippen LogP contribution is 2.17. The number of aromatic nitrogens is 4. The molecule has 0 spiro atoms. The van der Waals surface area contributed by atoms with Crippen LogP contribution < -0.4 is 5.32 Å². The topological polar surface area (TPSA) is 98.8 Å². The molecule has 100 valence electrons. The summed E-state index contributed by atoms with van der Waals surface area (Å²) in [5.41, 5.74) is 0.424. The van der Waals surface area contributed by atoms with Gasteiger partial charge in [-0.05, 0) is 13.0 Å². The lowest BCUT2D eigenvalue weighted by molar-refractivity contribution is -0.385. The van der Waals surface area contributed by atoms with Gasteiger partial charge in [0.1, 0.15) is 23.7 Å². The molecule has 0 aromatic carbocycles. The van der Waals surface area contributed by atoms with Crippen LogP contribution in [-0.2, 0) is 13.5 Å². The third-order valence-corrected chi connectivity index (χ3v) is 2.71. The fourth-order valence-corrected chi connectivity index (χ4v) is 1.68. The number of hydrogen-bond donors (Lipinski definition) is 1. The molecule has 0 atom stereocenters. The molecular formula is C11H14N6O2. The molecule has 0 unspecified atom stereocenters. The second kappa shape index (κ2) is 5.42. The Labute approximate surface area is 109 Å². The molecule has 0 aliphatic heterocycles. The molecule has 2 heterocycles. The lowest BCUT2D eigenvalue weighted by Gasteiger charge is -2.06. The van der Waals surface area contributed by atoms with Gasteiger partial charge in [-0.15, -0.1) is 10.2 Å². The number of anilines is 1. The molecule has 0 aliphatic rings. The number of nitro groups is 1. The smallest absolute Gasteiger partial charge is 0.290 e. The largest absolute Gasteiger partial charge is 0.370 e. The third kappa shape index (κ3) is 3.03. The van der Waals surface area contributed by atoms with Gasteiger partial charge in [0, 0.05) is 26.1 Å². The van der Waals surface area contributed by atoms with E-state index in [-0.39, 0.29) is 5.69 Å². The predicted molar refractivity (Wildman–Crippen MR) is 68.8 cm³/mol. The zero-order chi connectivity index (χ0) is 13.8. The quantitative estimate of drug-likeness (QED) is 0.639. The van der Waals surface area contributed by atoms with Crippen LogP contribution in [0.25, 0.3) is 0 Å². The van der Waals surface area contributed by atoms with Crippen molar-refractivity contribution in [1.82, 2.24) is 19.7 Å². The van der Waals surface area contributed by atoms with Crippen molar-refractivity contribution in [3.63, 3.8) is 0 Å². The Morgan fingerprint density at radius 3 is 2.84 bits per heavy atom. The Hall–Kier alpha value is -2.51. The summed E-state index contributed by atoms with van der Waals surface area (Å²) in [6, 6.07) is 3.05. The van der Waals surface area contributed by atoms with Crippen LogP contribution in [0.4, 0.5) is 11.5 Å². The maximum atomic E-state index is 10.7. The van der Waals surface area contributed by atoms with Crippen molar-refractivity contribution in [3.8, 4) is 0 Å². The van der Waals surface area contributed by atoms with Gasteiger partial charge in [0.05, 0.1) is 4.92 Å².